The van der Waals surface area contributed by atoms with Crippen molar-refractivity contribution in [1.82, 2.24) is 20.5 Å². The minimum absolute atomic E-state index is 0.145. The van der Waals surface area contributed by atoms with E-state index in [2.05, 4.69) is 15.6 Å². The van der Waals surface area contributed by atoms with E-state index < -0.39 is 12.1 Å². The van der Waals surface area contributed by atoms with Crippen LogP contribution in [0.4, 0.5) is 9.18 Å². The minimum atomic E-state index is -0.704. The molecule has 1 atom stereocenters. The van der Waals surface area contributed by atoms with Crippen LogP contribution in [0.15, 0.2) is 35.8 Å². The van der Waals surface area contributed by atoms with Gasteiger partial charge in [0.2, 0.25) is 5.91 Å². The molecule has 3 rings (SSSR count). The van der Waals surface area contributed by atoms with Gasteiger partial charge in [0.1, 0.15) is 11.9 Å². The molecule has 1 aromatic carbocycles. The molecule has 0 spiro atoms. The molecule has 4 amide bonds. The quantitative estimate of drug-likeness (QED) is 0.625. The summed E-state index contributed by atoms with van der Waals surface area (Å²) in [6, 6.07) is 4.88. The lowest BCUT2D eigenvalue weighted by atomic mass is 10.1. The van der Waals surface area contributed by atoms with Crippen LogP contribution < -0.4 is 10.6 Å². The number of imide groups is 1. The Balaban J connectivity index is 1.40. The van der Waals surface area contributed by atoms with Gasteiger partial charge in [0.15, 0.2) is 0 Å². The number of urea groups is 1. The van der Waals surface area contributed by atoms with Crippen LogP contribution >= 0.6 is 11.3 Å². The Kier molecular flexibility index (Phi) is 6.70. The van der Waals surface area contributed by atoms with Crippen LogP contribution in [0.5, 0.6) is 0 Å². The normalized spacial score (nSPS) is 16.3. The first-order valence-electron chi connectivity index (χ1n) is 9.04. The first kappa shape index (κ1) is 19.9. The number of carbonyl (C=O) groups excluding carboxylic acids is 3. The number of aromatic nitrogens is 1. The predicted octanol–water partition coefficient (Wildman–Crippen LogP) is 1.88. The molecule has 148 valence electrons. The summed E-state index contributed by atoms with van der Waals surface area (Å²) in [5, 5.41) is 8.23. The number of nitrogens with zero attached hydrogens (tertiary/aromatic N) is 2. The molecule has 0 saturated carbocycles. The second kappa shape index (κ2) is 9.41. The van der Waals surface area contributed by atoms with Crippen molar-refractivity contribution in [1.29, 1.82) is 0 Å². The van der Waals surface area contributed by atoms with Crippen molar-refractivity contribution in [2.24, 2.45) is 0 Å². The number of rotatable bonds is 9. The summed E-state index contributed by atoms with van der Waals surface area (Å²) >= 11 is 1.53. The Morgan fingerprint density at radius 3 is 2.93 bits per heavy atom. The highest BCUT2D eigenvalue weighted by Gasteiger charge is 2.37. The fourth-order valence-electron chi connectivity index (χ4n) is 2.97. The molecule has 2 aromatic rings. The van der Waals surface area contributed by atoms with E-state index in [1.165, 1.54) is 23.5 Å². The molecule has 0 bridgehead atoms. The van der Waals surface area contributed by atoms with Gasteiger partial charge in [0.05, 0.1) is 5.01 Å². The van der Waals surface area contributed by atoms with Gasteiger partial charge in [-0.05, 0) is 30.5 Å². The maximum Gasteiger partial charge on any atom is 0.324 e. The highest BCUT2D eigenvalue weighted by Crippen LogP contribution is 2.13. The molecule has 0 aliphatic carbocycles. The summed E-state index contributed by atoms with van der Waals surface area (Å²) in [6.07, 6.45) is 3.14. The largest absolute Gasteiger partial charge is 0.356 e. The van der Waals surface area contributed by atoms with Crippen molar-refractivity contribution in [3.63, 3.8) is 0 Å². The maximum absolute atomic E-state index is 13.2. The highest BCUT2D eigenvalue weighted by atomic mass is 32.1. The van der Waals surface area contributed by atoms with Gasteiger partial charge in [0, 0.05) is 37.5 Å². The summed E-state index contributed by atoms with van der Waals surface area (Å²) in [4.78, 5) is 41.7. The number of benzene rings is 1. The Morgan fingerprint density at radius 2 is 2.18 bits per heavy atom. The van der Waals surface area contributed by atoms with Gasteiger partial charge in [-0.3, -0.25) is 14.5 Å². The van der Waals surface area contributed by atoms with Crippen molar-refractivity contribution >= 4 is 29.2 Å². The van der Waals surface area contributed by atoms with Gasteiger partial charge in [-0.1, -0.05) is 12.1 Å². The van der Waals surface area contributed by atoms with E-state index in [0.29, 0.717) is 24.9 Å². The molecule has 7 nitrogen and oxygen atoms in total. The van der Waals surface area contributed by atoms with E-state index in [4.69, 9.17) is 0 Å². The van der Waals surface area contributed by atoms with Crippen LogP contribution in [0.1, 0.15) is 23.4 Å². The lowest BCUT2D eigenvalue weighted by Gasteiger charge is -2.13. The smallest absolute Gasteiger partial charge is 0.324 e. The van der Waals surface area contributed by atoms with Gasteiger partial charge >= 0.3 is 6.03 Å². The van der Waals surface area contributed by atoms with E-state index in [1.807, 2.05) is 5.38 Å². The third-order valence-electron chi connectivity index (χ3n) is 4.42. The highest BCUT2D eigenvalue weighted by molar-refractivity contribution is 7.09. The molecular formula is C19H21FN4O3S. The predicted molar refractivity (Wildman–Crippen MR) is 102 cm³/mol. The summed E-state index contributed by atoms with van der Waals surface area (Å²) in [6.45, 7) is 0.654. The minimum Gasteiger partial charge on any atom is -0.356 e. The van der Waals surface area contributed by atoms with E-state index in [9.17, 15) is 18.8 Å². The van der Waals surface area contributed by atoms with Gasteiger partial charge < -0.3 is 10.6 Å². The van der Waals surface area contributed by atoms with Gasteiger partial charge in [0.25, 0.3) is 5.91 Å². The number of hydrogen-bond acceptors (Lipinski definition) is 5. The molecule has 0 radical (unpaired) electrons. The average molecular weight is 404 g/mol. The van der Waals surface area contributed by atoms with Gasteiger partial charge in [-0.15, -0.1) is 11.3 Å². The molecule has 1 fully saturated rings. The standard InChI is InChI=1S/C19H21FN4O3S/c20-14-3-1-2-13(12-14)7-10-24-18(26)15(23-19(24)27)4-5-16(25)21-8-6-17-22-9-11-28-17/h1-3,9,11-12,15H,4-8,10H2,(H,21,25)(H,23,27)/t15-/m0/s1. The first-order valence-corrected chi connectivity index (χ1v) is 9.92. The maximum atomic E-state index is 13.2. The van der Waals surface area contributed by atoms with Crippen LogP contribution in [-0.4, -0.2) is 46.9 Å². The van der Waals surface area contributed by atoms with E-state index >= 15 is 0 Å². The average Bonchev–Trinajstić information content (AvgIpc) is 3.27. The number of carbonyl (C=O) groups is 3. The van der Waals surface area contributed by atoms with Crippen LogP contribution in [0.25, 0.3) is 0 Å². The molecule has 0 unspecified atom stereocenters. The zero-order valence-electron chi connectivity index (χ0n) is 15.2. The van der Waals surface area contributed by atoms with E-state index in [-0.39, 0.29) is 37.0 Å². The molecule has 2 heterocycles. The van der Waals surface area contributed by atoms with E-state index in [1.54, 1.807) is 18.3 Å². The van der Waals surface area contributed by atoms with Crippen LogP contribution in [0, 0.1) is 5.82 Å². The van der Waals surface area contributed by atoms with Gasteiger partial charge in [-0.25, -0.2) is 14.2 Å². The van der Waals surface area contributed by atoms with Crippen molar-refractivity contribution in [2.75, 3.05) is 13.1 Å². The van der Waals surface area contributed by atoms with Crippen LogP contribution in [0.2, 0.25) is 0 Å². The Labute approximate surface area is 166 Å². The number of halogens is 1. The number of hydrogen-bond donors (Lipinski definition) is 2. The van der Waals surface area contributed by atoms with Crippen molar-refractivity contribution in [2.45, 2.75) is 31.7 Å². The van der Waals surface area contributed by atoms with Crippen molar-refractivity contribution in [3.8, 4) is 0 Å². The van der Waals surface area contributed by atoms with Crippen LogP contribution in [0.3, 0.4) is 0 Å². The third-order valence-corrected chi connectivity index (χ3v) is 5.26. The lowest BCUT2D eigenvalue weighted by molar-refractivity contribution is -0.127. The molecule has 2 N–H and O–H groups in total. The number of nitrogens with one attached hydrogen (secondary N) is 2. The molecule has 1 aliphatic rings. The second-order valence-corrected chi connectivity index (χ2v) is 7.42. The Bertz CT molecular complexity index is 843. The number of amides is 4. The summed E-state index contributed by atoms with van der Waals surface area (Å²) in [7, 11) is 0. The van der Waals surface area contributed by atoms with Crippen molar-refractivity contribution < 1.29 is 18.8 Å². The van der Waals surface area contributed by atoms with Crippen LogP contribution in [-0.2, 0) is 22.4 Å². The Morgan fingerprint density at radius 1 is 1.32 bits per heavy atom. The van der Waals surface area contributed by atoms with E-state index in [0.717, 1.165) is 9.91 Å². The fourth-order valence-corrected chi connectivity index (χ4v) is 3.59. The summed E-state index contributed by atoms with van der Waals surface area (Å²) < 4.78 is 13.2. The molecular weight excluding hydrogens is 383 g/mol. The molecule has 28 heavy (non-hydrogen) atoms. The zero-order chi connectivity index (χ0) is 19.9. The molecule has 9 heteroatoms. The topological polar surface area (TPSA) is 91.4 Å². The first-order chi connectivity index (χ1) is 13.5. The number of thiazole rings is 1. The fraction of sp³-hybridized carbons (Fsp3) is 0.368. The van der Waals surface area contributed by atoms with Crippen molar-refractivity contribution in [3.05, 3.63) is 52.2 Å². The molecule has 1 aromatic heterocycles. The lowest BCUT2D eigenvalue weighted by Crippen LogP contribution is -2.34. The second-order valence-electron chi connectivity index (χ2n) is 6.44. The monoisotopic (exact) mass is 404 g/mol. The Hall–Kier alpha value is -2.81. The van der Waals surface area contributed by atoms with Gasteiger partial charge in [-0.2, -0.15) is 0 Å². The zero-order valence-corrected chi connectivity index (χ0v) is 16.0. The molecule has 1 aliphatic heterocycles. The third kappa shape index (κ3) is 5.35. The SMILES string of the molecule is O=C(CC[C@@H]1NC(=O)N(CCc2cccc(F)c2)C1=O)NCCc1nccs1. The summed E-state index contributed by atoms with van der Waals surface area (Å²) in [5.41, 5.74) is 0.712. The summed E-state index contributed by atoms with van der Waals surface area (Å²) in [5.74, 6) is -0.873. The molecule has 1 saturated heterocycles.